The van der Waals surface area contributed by atoms with Gasteiger partial charge in [0.1, 0.15) is 11.6 Å². The monoisotopic (exact) mass is 430 g/mol. The summed E-state index contributed by atoms with van der Waals surface area (Å²) in [6.45, 7) is 2.28. The van der Waals surface area contributed by atoms with Gasteiger partial charge in [-0.25, -0.2) is 8.78 Å². The Bertz CT molecular complexity index is 1120. The topological polar surface area (TPSA) is 0 Å². The molecule has 2 aromatic carbocycles. The Hall–Kier alpha value is -2.61. The summed E-state index contributed by atoms with van der Waals surface area (Å²) in [6.07, 6.45) is 6.28. The quantitative estimate of drug-likeness (QED) is 0.258. The Labute approximate surface area is 178 Å². The largest absolute Gasteiger partial charge is 0.458 e. The summed E-state index contributed by atoms with van der Waals surface area (Å²) in [4.78, 5) is 0. The van der Waals surface area contributed by atoms with E-state index in [4.69, 9.17) is 0 Å². The number of halogens is 5. The molecule has 0 radical (unpaired) electrons. The number of allylic oxidation sites excluding steroid dienone is 4. The van der Waals surface area contributed by atoms with Crippen LogP contribution in [-0.4, -0.2) is 6.18 Å². The van der Waals surface area contributed by atoms with Crippen molar-refractivity contribution >= 4 is 16.3 Å². The molecule has 31 heavy (non-hydrogen) atoms. The normalized spacial score (nSPS) is 21.9. The zero-order valence-electron chi connectivity index (χ0n) is 17.3. The molecule has 2 aliphatic carbocycles. The van der Waals surface area contributed by atoms with E-state index >= 15 is 0 Å². The van der Waals surface area contributed by atoms with E-state index in [0.717, 1.165) is 54.7 Å². The maximum absolute atomic E-state index is 14.6. The summed E-state index contributed by atoms with van der Waals surface area (Å²) >= 11 is 0. The predicted octanol–water partition coefficient (Wildman–Crippen LogP) is 7.96. The maximum atomic E-state index is 14.6. The first-order chi connectivity index (χ1) is 14.7. The van der Waals surface area contributed by atoms with Crippen molar-refractivity contribution in [2.75, 3.05) is 0 Å². The molecule has 0 fully saturated rings. The molecule has 2 atom stereocenters. The molecule has 4 rings (SSSR count). The summed E-state index contributed by atoms with van der Waals surface area (Å²) in [7, 11) is 0. The highest BCUT2D eigenvalue weighted by Crippen LogP contribution is 2.39. The molecule has 0 spiro atoms. The highest BCUT2D eigenvalue weighted by molar-refractivity contribution is 5.88. The Kier molecular flexibility index (Phi) is 5.92. The van der Waals surface area contributed by atoms with Crippen LogP contribution < -0.4 is 0 Å². The van der Waals surface area contributed by atoms with Crippen molar-refractivity contribution < 1.29 is 22.0 Å². The lowest BCUT2D eigenvalue weighted by molar-refractivity contribution is -0.0696. The molecular weight excluding hydrogens is 407 g/mol. The summed E-state index contributed by atoms with van der Waals surface area (Å²) in [5.41, 5.74) is 2.74. The molecule has 2 unspecified atom stereocenters. The van der Waals surface area contributed by atoms with Gasteiger partial charge in [0.25, 0.3) is 0 Å². The van der Waals surface area contributed by atoms with Gasteiger partial charge in [-0.2, -0.15) is 13.2 Å². The second kappa shape index (κ2) is 8.49. The summed E-state index contributed by atoms with van der Waals surface area (Å²) < 4.78 is 65.9. The molecule has 2 aromatic rings. The van der Waals surface area contributed by atoms with Crippen LogP contribution in [0.25, 0.3) is 16.3 Å². The highest BCUT2D eigenvalue weighted by Gasteiger charge is 2.24. The van der Waals surface area contributed by atoms with Gasteiger partial charge in [-0.3, -0.25) is 0 Å². The molecule has 0 nitrogen and oxygen atoms in total. The van der Waals surface area contributed by atoms with Crippen LogP contribution in [0.3, 0.4) is 0 Å². The lowest BCUT2D eigenvalue weighted by Crippen LogP contribution is -2.12. The second-order valence-electron chi connectivity index (χ2n) is 8.59. The van der Waals surface area contributed by atoms with Crippen LogP contribution in [0.15, 0.2) is 42.0 Å². The van der Waals surface area contributed by atoms with Crippen molar-refractivity contribution in [2.45, 2.75) is 51.6 Å². The SMILES string of the molecule is CC1CC=C(C2CC=C(c3ccc4c(F)c(C#CC(F)(F)F)c(F)cc4c3)CC2)CC1. The van der Waals surface area contributed by atoms with E-state index in [1.54, 1.807) is 23.6 Å². The fraction of sp³-hybridized carbons (Fsp3) is 0.385. The van der Waals surface area contributed by atoms with Crippen molar-refractivity contribution in [3.05, 3.63) is 64.8 Å². The lowest BCUT2D eigenvalue weighted by Gasteiger charge is -2.28. The van der Waals surface area contributed by atoms with Crippen molar-refractivity contribution in [1.82, 2.24) is 0 Å². The van der Waals surface area contributed by atoms with Crippen LogP contribution in [0, 0.1) is 35.3 Å². The minimum atomic E-state index is -4.81. The molecule has 0 bridgehead atoms. The summed E-state index contributed by atoms with van der Waals surface area (Å²) in [5.74, 6) is 1.71. The minimum absolute atomic E-state index is 0.0624. The standard InChI is InChI=1S/C26H23F5/c1-16-2-4-17(5-3-16)18-6-8-19(9-7-18)20-10-11-22-21(14-20)15-24(27)23(25(22)28)12-13-26(29,30)31/h4,8,10-11,14-16,18H,2-3,5-7,9H2,1H3. The number of alkyl halides is 3. The van der Waals surface area contributed by atoms with Crippen LogP contribution in [0.5, 0.6) is 0 Å². The van der Waals surface area contributed by atoms with E-state index in [1.165, 1.54) is 18.9 Å². The number of hydrogen-bond donors (Lipinski definition) is 0. The number of rotatable bonds is 2. The molecule has 162 valence electrons. The van der Waals surface area contributed by atoms with Crippen LogP contribution in [0.4, 0.5) is 22.0 Å². The van der Waals surface area contributed by atoms with Crippen LogP contribution >= 0.6 is 0 Å². The molecule has 0 N–H and O–H groups in total. The van der Waals surface area contributed by atoms with Gasteiger partial charge in [0.15, 0.2) is 0 Å². The van der Waals surface area contributed by atoms with Gasteiger partial charge in [0, 0.05) is 11.3 Å². The van der Waals surface area contributed by atoms with Crippen molar-refractivity contribution in [3.8, 4) is 11.8 Å². The maximum Gasteiger partial charge on any atom is 0.458 e. The molecule has 0 amide bonds. The van der Waals surface area contributed by atoms with Crippen molar-refractivity contribution in [1.29, 1.82) is 0 Å². The van der Waals surface area contributed by atoms with Gasteiger partial charge in [0.2, 0.25) is 0 Å². The second-order valence-corrected chi connectivity index (χ2v) is 8.59. The smallest absolute Gasteiger partial charge is 0.205 e. The van der Waals surface area contributed by atoms with Crippen LogP contribution in [0.1, 0.15) is 56.6 Å². The van der Waals surface area contributed by atoms with Crippen molar-refractivity contribution in [2.24, 2.45) is 11.8 Å². The number of hydrogen-bond acceptors (Lipinski definition) is 0. The fourth-order valence-corrected chi connectivity index (χ4v) is 4.57. The van der Waals surface area contributed by atoms with E-state index < -0.39 is 23.4 Å². The predicted molar refractivity (Wildman–Crippen MR) is 113 cm³/mol. The first-order valence-corrected chi connectivity index (χ1v) is 10.6. The molecule has 2 aliphatic rings. The van der Waals surface area contributed by atoms with Gasteiger partial charge in [0.05, 0.1) is 5.56 Å². The van der Waals surface area contributed by atoms with E-state index in [0.29, 0.717) is 11.3 Å². The van der Waals surface area contributed by atoms with E-state index in [9.17, 15) is 22.0 Å². The Morgan fingerprint density at radius 3 is 2.42 bits per heavy atom. The Balaban J connectivity index is 1.59. The number of benzene rings is 2. The molecule has 0 saturated carbocycles. The molecule has 0 saturated heterocycles. The number of fused-ring (bicyclic) bond motifs is 1. The van der Waals surface area contributed by atoms with Crippen LogP contribution in [-0.2, 0) is 0 Å². The molecule has 0 aliphatic heterocycles. The zero-order chi connectivity index (χ0) is 22.2. The Morgan fingerprint density at radius 1 is 0.968 bits per heavy atom. The van der Waals surface area contributed by atoms with E-state index in [1.807, 2.05) is 0 Å². The summed E-state index contributed by atoms with van der Waals surface area (Å²) in [6, 6.07) is 6.01. The average molecular weight is 430 g/mol. The first kappa shape index (κ1) is 21.6. The van der Waals surface area contributed by atoms with E-state index in [2.05, 4.69) is 19.1 Å². The molecule has 0 heterocycles. The van der Waals surface area contributed by atoms with Gasteiger partial charge >= 0.3 is 6.18 Å². The zero-order valence-corrected chi connectivity index (χ0v) is 17.3. The fourth-order valence-electron chi connectivity index (χ4n) is 4.57. The molecule has 0 aromatic heterocycles. The first-order valence-electron chi connectivity index (χ1n) is 10.6. The minimum Gasteiger partial charge on any atom is -0.205 e. The third-order valence-electron chi connectivity index (χ3n) is 6.37. The van der Waals surface area contributed by atoms with E-state index in [-0.39, 0.29) is 5.39 Å². The van der Waals surface area contributed by atoms with Gasteiger partial charge in [-0.05, 0) is 79.0 Å². The van der Waals surface area contributed by atoms with Gasteiger partial charge in [-0.15, -0.1) is 0 Å². The lowest BCUT2D eigenvalue weighted by atomic mass is 9.77. The molecular formula is C26H23F5. The summed E-state index contributed by atoms with van der Waals surface area (Å²) in [5, 5.41) is 0.379. The highest BCUT2D eigenvalue weighted by atomic mass is 19.4. The van der Waals surface area contributed by atoms with Crippen LogP contribution in [0.2, 0.25) is 0 Å². The molecule has 5 heteroatoms. The third kappa shape index (κ3) is 4.84. The Morgan fingerprint density at radius 2 is 1.77 bits per heavy atom. The van der Waals surface area contributed by atoms with Gasteiger partial charge in [-0.1, -0.05) is 42.7 Å². The third-order valence-corrected chi connectivity index (χ3v) is 6.37. The average Bonchev–Trinajstić information content (AvgIpc) is 2.73. The van der Waals surface area contributed by atoms with Crippen molar-refractivity contribution in [3.63, 3.8) is 0 Å². The van der Waals surface area contributed by atoms with Gasteiger partial charge < -0.3 is 0 Å².